The molecule has 1 heterocycles. The van der Waals surface area contributed by atoms with Crippen LogP contribution in [-0.4, -0.2) is 18.3 Å². The number of hydrogen-bond donors (Lipinski definition) is 1. The zero-order valence-electron chi connectivity index (χ0n) is 7.80. The summed E-state index contributed by atoms with van der Waals surface area (Å²) in [5, 5.41) is 14.2. The molecule has 0 spiro atoms. The van der Waals surface area contributed by atoms with E-state index in [-0.39, 0.29) is 3.57 Å². The van der Waals surface area contributed by atoms with Gasteiger partial charge in [0, 0.05) is 9.77 Å². The number of alkyl halides is 2. The van der Waals surface area contributed by atoms with Crippen molar-refractivity contribution in [3.05, 3.63) is 25.4 Å². The van der Waals surface area contributed by atoms with Gasteiger partial charge in [0.2, 0.25) is 5.03 Å². The van der Waals surface area contributed by atoms with Crippen molar-refractivity contribution in [2.45, 2.75) is 11.5 Å². The van der Waals surface area contributed by atoms with Gasteiger partial charge in [-0.25, -0.2) is 27.3 Å². The lowest BCUT2D eigenvalue weighted by molar-refractivity contribution is -0.389. The van der Waals surface area contributed by atoms with Gasteiger partial charge in [-0.1, -0.05) is 0 Å². The topological polar surface area (TPSA) is 116 Å². The van der Waals surface area contributed by atoms with Crippen molar-refractivity contribution in [3.8, 4) is 0 Å². The quantitative estimate of drug-likeness (QED) is 0.481. The van der Waals surface area contributed by atoms with E-state index in [4.69, 9.17) is 0 Å². The molecule has 1 rings (SSSR count). The number of nitrogens with two attached hydrogens (primary N) is 1. The van der Waals surface area contributed by atoms with Gasteiger partial charge in [0.05, 0.1) is 4.92 Å². The van der Waals surface area contributed by atoms with E-state index in [0.717, 1.165) is 6.20 Å². The summed E-state index contributed by atoms with van der Waals surface area (Å²) in [4.78, 5) is 12.6. The molecule has 2 N–H and O–H groups in total. The van der Waals surface area contributed by atoms with E-state index in [0.29, 0.717) is 0 Å². The Labute approximate surface area is 107 Å². The van der Waals surface area contributed by atoms with Crippen LogP contribution in [0.5, 0.6) is 0 Å². The highest BCUT2D eigenvalue weighted by molar-refractivity contribution is 14.1. The molecule has 1 aromatic heterocycles. The van der Waals surface area contributed by atoms with Crippen LogP contribution >= 0.6 is 22.6 Å². The number of sulfonamides is 1. The number of nitrogens with zero attached hydrogens (tertiary/aromatic N) is 2. The molecule has 0 aliphatic carbocycles. The highest BCUT2D eigenvalue weighted by atomic mass is 127. The molecular formula is C6H4F2IN3O4S. The molecule has 94 valence electrons. The first-order chi connectivity index (χ1) is 7.66. The first kappa shape index (κ1) is 14.1. The van der Waals surface area contributed by atoms with Crippen LogP contribution in [0.25, 0.3) is 0 Å². The van der Waals surface area contributed by atoms with Gasteiger partial charge in [-0.05, 0) is 22.6 Å². The van der Waals surface area contributed by atoms with Gasteiger partial charge < -0.3 is 0 Å². The Morgan fingerprint density at radius 1 is 1.53 bits per heavy atom. The van der Waals surface area contributed by atoms with Crippen molar-refractivity contribution in [2.24, 2.45) is 5.14 Å². The third-order valence-corrected chi connectivity index (χ3v) is 3.38. The van der Waals surface area contributed by atoms with E-state index in [2.05, 4.69) is 10.1 Å². The van der Waals surface area contributed by atoms with Crippen molar-refractivity contribution in [1.29, 1.82) is 0 Å². The van der Waals surface area contributed by atoms with Crippen LogP contribution in [0.3, 0.4) is 0 Å². The number of halogens is 3. The van der Waals surface area contributed by atoms with Crippen LogP contribution in [-0.2, 0) is 10.0 Å². The summed E-state index contributed by atoms with van der Waals surface area (Å²) in [6.07, 6.45) is -2.42. The van der Waals surface area contributed by atoms with Gasteiger partial charge in [0.1, 0.15) is 5.56 Å². The Bertz CT molecular complexity index is 577. The molecular weight excluding hydrogens is 375 g/mol. The lowest BCUT2D eigenvalue weighted by Gasteiger charge is -2.06. The molecule has 0 radical (unpaired) electrons. The molecule has 0 saturated carbocycles. The maximum absolute atomic E-state index is 12.6. The van der Waals surface area contributed by atoms with Crippen molar-refractivity contribution in [2.75, 3.05) is 0 Å². The van der Waals surface area contributed by atoms with Crippen LogP contribution in [0.1, 0.15) is 12.0 Å². The first-order valence-electron chi connectivity index (χ1n) is 3.80. The third kappa shape index (κ3) is 2.84. The Morgan fingerprint density at radius 2 is 2.06 bits per heavy atom. The maximum Gasteiger partial charge on any atom is 0.317 e. The average molecular weight is 379 g/mol. The van der Waals surface area contributed by atoms with Gasteiger partial charge in [0.15, 0.2) is 0 Å². The molecule has 11 heteroatoms. The van der Waals surface area contributed by atoms with Crippen molar-refractivity contribution < 1.29 is 22.1 Å². The normalized spacial score (nSPS) is 11.8. The molecule has 0 unspecified atom stereocenters. The van der Waals surface area contributed by atoms with Gasteiger partial charge >= 0.3 is 5.69 Å². The minimum atomic E-state index is -4.54. The first-order valence-corrected chi connectivity index (χ1v) is 6.42. The number of primary sulfonamides is 1. The molecule has 7 nitrogen and oxygen atoms in total. The summed E-state index contributed by atoms with van der Waals surface area (Å²) < 4.78 is 47.1. The SMILES string of the molecule is NS(=O)(=O)c1ncc(I)c(C(F)F)c1[N+](=O)[O-]. The highest BCUT2D eigenvalue weighted by Crippen LogP contribution is 2.35. The van der Waals surface area contributed by atoms with Gasteiger partial charge in [-0.15, -0.1) is 0 Å². The predicted octanol–water partition coefficient (Wildman–Crippen LogP) is 1.18. The molecule has 0 bridgehead atoms. The number of aromatic nitrogens is 1. The smallest absolute Gasteiger partial charge is 0.258 e. The fourth-order valence-electron chi connectivity index (χ4n) is 1.07. The minimum Gasteiger partial charge on any atom is -0.258 e. The Morgan fingerprint density at radius 3 is 2.41 bits per heavy atom. The zero-order chi connectivity index (χ0) is 13.4. The largest absolute Gasteiger partial charge is 0.317 e. The zero-order valence-corrected chi connectivity index (χ0v) is 10.8. The summed E-state index contributed by atoms with van der Waals surface area (Å²) in [5.74, 6) is 0. The summed E-state index contributed by atoms with van der Waals surface area (Å²) in [6.45, 7) is 0. The second-order valence-corrected chi connectivity index (χ2v) is 5.42. The van der Waals surface area contributed by atoms with Gasteiger partial charge in [0.25, 0.3) is 16.4 Å². The summed E-state index contributed by atoms with van der Waals surface area (Å²) in [5.41, 5.74) is -2.29. The fourth-order valence-corrected chi connectivity index (χ4v) is 2.35. The van der Waals surface area contributed by atoms with Crippen LogP contribution < -0.4 is 5.14 Å². The van der Waals surface area contributed by atoms with Gasteiger partial charge in [-0.2, -0.15) is 0 Å². The fraction of sp³-hybridized carbons (Fsp3) is 0.167. The summed E-state index contributed by atoms with van der Waals surface area (Å²) in [6, 6.07) is 0. The monoisotopic (exact) mass is 379 g/mol. The molecule has 0 fully saturated rings. The number of rotatable bonds is 3. The van der Waals surface area contributed by atoms with E-state index in [9.17, 15) is 27.3 Å². The van der Waals surface area contributed by atoms with Crippen molar-refractivity contribution >= 4 is 38.3 Å². The number of nitro groups is 1. The van der Waals surface area contributed by atoms with Crippen LogP contribution in [0.15, 0.2) is 11.2 Å². The number of pyridine rings is 1. The summed E-state index contributed by atoms with van der Waals surface area (Å²) >= 11 is 1.40. The third-order valence-electron chi connectivity index (χ3n) is 1.68. The molecule has 17 heavy (non-hydrogen) atoms. The number of hydrogen-bond acceptors (Lipinski definition) is 5. The lowest BCUT2D eigenvalue weighted by atomic mass is 10.2. The molecule has 0 atom stereocenters. The molecule has 0 saturated heterocycles. The molecule has 0 aliphatic rings. The van der Waals surface area contributed by atoms with Gasteiger partial charge in [-0.3, -0.25) is 10.1 Å². The van der Waals surface area contributed by atoms with E-state index in [1.165, 1.54) is 22.6 Å². The van der Waals surface area contributed by atoms with Crippen LogP contribution in [0.2, 0.25) is 0 Å². The molecule has 1 aromatic rings. The van der Waals surface area contributed by atoms with E-state index < -0.39 is 37.6 Å². The summed E-state index contributed by atoms with van der Waals surface area (Å²) in [7, 11) is -4.54. The highest BCUT2D eigenvalue weighted by Gasteiger charge is 2.34. The Balaban J connectivity index is 3.78. The molecule has 0 amide bonds. The maximum atomic E-state index is 12.6. The predicted molar refractivity (Wildman–Crippen MR) is 59.9 cm³/mol. The standard InChI is InChI=1S/C6H4F2IN3O4S/c7-5(8)3-2(9)1-11-6(17(10,15)16)4(3)12(13)14/h1,5H,(H2,10,15,16). The van der Waals surface area contributed by atoms with Crippen molar-refractivity contribution in [1.82, 2.24) is 4.98 Å². The second kappa shape index (κ2) is 4.73. The van der Waals surface area contributed by atoms with Crippen LogP contribution in [0, 0.1) is 13.7 Å². The van der Waals surface area contributed by atoms with E-state index in [1.54, 1.807) is 0 Å². The Kier molecular flexibility index (Phi) is 3.93. The van der Waals surface area contributed by atoms with Crippen molar-refractivity contribution in [3.63, 3.8) is 0 Å². The van der Waals surface area contributed by atoms with Crippen LogP contribution in [0.4, 0.5) is 14.5 Å². The second-order valence-electron chi connectivity index (χ2n) is 2.78. The molecule has 0 aromatic carbocycles. The Hall–Kier alpha value is -0.950. The molecule has 0 aliphatic heterocycles. The average Bonchev–Trinajstić information content (AvgIpc) is 2.14. The minimum absolute atomic E-state index is 0.211. The van der Waals surface area contributed by atoms with E-state index in [1.807, 2.05) is 0 Å². The van der Waals surface area contributed by atoms with E-state index >= 15 is 0 Å². The lowest BCUT2D eigenvalue weighted by Crippen LogP contribution is -2.18.